The largest absolute Gasteiger partial charge is 0.466 e. The van der Waals surface area contributed by atoms with Crippen LogP contribution in [0.3, 0.4) is 0 Å². The van der Waals surface area contributed by atoms with Gasteiger partial charge in [-0.2, -0.15) is 0 Å². The number of hydrogen-bond acceptors (Lipinski definition) is 6. The van der Waals surface area contributed by atoms with Crippen molar-refractivity contribution in [2.75, 3.05) is 26.8 Å². The standard InChI is InChI=1S/C22H34N2O6/c1-8-24-16(6)20(15(5)21(24)22(28)29-7)17(25)13-23(12-14(3)4)18(26)10-11-19(27)30-9-2/h14H,8-13H2,1-7H3. The summed E-state index contributed by atoms with van der Waals surface area (Å²) in [5.41, 5.74) is 2.01. The van der Waals surface area contributed by atoms with Gasteiger partial charge in [-0.05, 0) is 39.2 Å². The third-order valence-electron chi connectivity index (χ3n) is 4.86. The van der Waals surface area contributed by atoms with Gasteiger partial charge >= 0.3 is 11.9 Å². The van der Waals surface area contributed by atoms with Crippen LogP contribution in [-0.4, -0.2) is 59.9 Å². The first-order valence-corrected chi connectivity index (χ1v) is 10.3. The van der Waals surface area contributed by atoms with Crippen molar-refractivity contribution in [2.45, 2.75) is 60.9 Å². The Morgan fingerprint density at radius 1 is 1.07 bits per heavy atom. The average Bonchev–Trinajstić information content (AvgIpc) is 2.94. The maximum atomic E-state index is 13.2. The molecule has 0 fully saturated rings. The number of carbonyl (C=O) groups is 4. The molecule has 0 spiro atoms. The van der Waals surface area contributed by atoms with Crippen LogP contribution in [0, 0.1) is 19.8 Å². The average molecular weight is 423 g/mol. The number of amides is 1. The summed E-state index contributed by atoms with van der Waals surface area (Å²) in [4.78, 5) is 51.1. The summed E-state index contributed by atoms with van der Waals surface area (Å²) in [6, 6.07) is 0. The summed E-state index contributed by atoms with van der Waals surface area (Å²) < 4.78 is 11.5. The van der Waals surface area contributed by atoms with Crippen molar-refractivity contribution in [2.24, 2.45) is 5.92 Å². The van der Waals surface area contributed by atoms with E-state index in [0.29, 0.717) is 35.6 Å². The maximum absolute atomic E-state index is 13.2. The highest BCUT2D eigenvalue weighted by Crippen LogP contribution is 2.24. The highest BCUT2D eigenvalue weighted by molar-refractivity contribution is 6.04. The summed E-state index contributed by atoms with van der Waals surface area (Å²) >= 11 is 0. The van der Waals surface area contributed by atoms with Crippen LogP contribution in [0.2, 0.25) is 0 Å². The third kappa shape index (κ3) is 6.18. The summed E-state index contributed by atoms with van der Waals surface area (Å²) in [6.07, 6.45) is -0.0353. The van der Waals surface area contributed by atoms with Gasteiger partial charge in [-0.25, -0.2) is 4.79 Å². The molecule has 0 unspecified atom stereocenters. The quantitative estimate of drug-likeness (QED) is 0.402. The van der Waals surface area contributed by atoms with Crippen LogP contribution in [0.4, 0.5) is 0 Å². The first-order chi connectivity index (χ1) is 14.1. The zero-order valence-electron chi connectivity index (χ0n) is 19.2. The second-order valence-corrected chi connectivity index (χ2v) is 7.57. The van der Waals surface area contributed by atoms with Gasteiger partial charge in [0.2, 0.25) is 5.91 Å². The Morgan fingerprint density at radius 2 is 1.70 bits per heavy atom. The van der Waals surface area contributed by atoms with Crippen molar-refractivity contribution < 1.29 is 28.7 Å². The maximum Gasteiger partial charge on any atom is 0.354 e. The minimum absolute atomic E-state index is 0.0137. The van der Waals surface area contributed by atoms with E-state index in [9.17, 15) is 19.2 Å². The number of methoxy groups -OCH3 is 1. The molecule has 168 valence electrons. The van der Waals surface area contributed by atoms with Gasteiger partial charge in [0.05, 0.1) is 26.7 Å². The predicted molar refractivity (Wildman–Crippen MR) is 113 cm³/mol. The lowest BCUT2D eigenvalue weighted by atomic mass is 10.0. The zero-order valence-corrected chi connectivity index (χ0v) is 19.2. The third-order valence-corrected chi connectivity index (χ3v) is 4.86. The van der Waals surface area contributed by atoms with Gasteiger partial charge in [0.1, 0.15) is 5.69 Å². The number of Topliss-reactive ketones (excluding diaryl/α,β-unsaturated/α-hetero) is 1. The smallest absolute Gasteiger partial charge is 0.354 e. The lowest BCUT2D eigenvalue weighted by molar-refractivity contribution is -0.145. The van der Waals surface area contributed by atoms with Gasteiger partial charge in [0.25, 0.3) is 0 Å². The topological polar surface area (TPSA) is 94.9 Å². The molecule has 1 amide bonds. The minimum atomic E-state index is -0.499. The van der Waals surface area contributed by atoms with Gasteiger partial charge in [-0.1, -0.05) is 13.8 Å². The molecule has 0 saturated heterocycles. The summed E-state index contributed by atoms with van der Waals surface area (Å²) in [5, 5.41) is 0. The number of esters is 2. The Hall–Kier alpha value is -2.64. The molecule has 1 aromatic heterocycles. The molecule has 0 N–H and O–H groups in total. The molecule has 0 atom stereocenters. The number of hydrogen-bond donors (Lipinski definition) is 0. The monoisotopic (exact) mass is 422 g/mol. The van der Waals surface area contributed by atoms with Crippen LogP contribution in [0.1, 0.15) is 72.6 Å². The zero-order chi connectivity index (χ0) is 23.0. The van der Waals surface area contributed by atoms with Crippen LogP contribution in [-0.2, 0) is 25.6 Å². The molecule has 0 bridgehead atoms. The fraction of sp³-hybridized carbons (Fsp3) is 0.636. The van der Waals surface area contributed by atoms with E-state index in [-0.39, 0.29) is 43.6 Å². The lowest BCUT2D eigenvalue weighted by Gasteiger charge is -2.24. The second kappa shape index (κ2) is 11.5. The molecule has 0 aliphatic carbocycles. The molecule has 0 radical (unpaired) electrons. The molecule has 8 nitrogen and oxygen atoms in total. The number of aromatic nitrogens is 1. The molecular formula is C22H34N2O6. The summed E-state index contributed by atoms with van der Waals surface area (Å²) in [6.45, 7) is 12.1. The molecule has 0 aliphatic rings. The van der Waals surface area contributed by atoms with E-state index in [1.165, 1.54) is 12.0 Å². The van der Waals surface area contributed by atoms with Gasteiger partial charge in [0, 0.05) is 30.8 Å². The van der Waals surface area contributed by atoms with Crippen LogP contribution in [0.5, 0.6) is 0 Å². The van der Waals surface area contributed by atoms with E-state index in [2.05, 4.69) is 0 Å². The molecule has 8 heteroatoms. The van der Waals surface area contributed by atoms with Crippen LogP contribution < -0.4 is 0 Å². The minimum Gasteiger partial charge on any atom is -0.466 e. The second-order valence-electron chi connectivity index (χ2n) is 7.57. The fourth-order valence-corrected chi connectivity index (χ4v) is 3.61. The van der Waals surface area contributed by atoms with Gasteiger partial charge in [0.15, 0.2) is 5.78 Å². The number of rotatable bonds is 11. The molecular weight excluding hydrogens is 388 g/mol. The van der Waals surface area contributed by atoms with Crippen LogP contribution in [0.25, 0.3) is 0 Å². The summed E-state index contributed by atoms with van der Waals surface area (Å²) in [7, 11) is 1.30. The molecule has 0 saturated carbocycles. The molecule has 1 aromatic rings. The highest BCUT2D eigenvalue weighted by Gasteiger charge is 2.28. The van der Waals surface area contributed by atoms with Crippen molar-refractivity contribution in [3.8, 4) is 0 Å². The Kier molecular flexibility index (Phi) is 9.75. The van der Waals surface area contributed by atoms with E-state index in [0.717, 1.165) is 0 Å². The van der Waals surface area contributed by atoms with E-state index in [1.54, 1.807) is 25.3 Å². The molecule has 1 rings (SSSR count). The van der Waals surface area contributed by atoms with E-state index in [4.69, 9.17) is 9.47 Å². The van der Waals surface area contributed by atoms with E-state index < -0.39 is 11.9 Å². The van der Waals surface area contributed by atoms with Gasteiger partial charge < -0.3 is 18.9 Å². The van der Waals surface area contributed by atoms with Crippen LogP contribution >= 0.6 is 0 Å². The van der Waals surface area contributed by atoms with E-state index in [1.807, 2.05) is 20.8 Å². The number of nitrogens with zero attached hydrogens (tertiary/aromatic N) is 2. The normalized spacial score (nSPS) is 10.8. The molecule has 1 heterocycles. The first-order valence-electron chi connectivity index (χ1n) is 10.3. The van der Waals surface area contributed by atoms with E-state index >= 15 is 0 Å². The fourth-order valence-electron chi connectivity index (χ4n) is 3.61. The number of carbonyl (C=O) groups excluding carboxylic acids is 4. The SMILES string of the molecule is CCOC(=O)CCC(=O)N(CC(=O)c1c(C)c(C(=O)OC)n(CC)c1C)CC(C)C. The van der Waals surface area contributed by atoms with Crippen molar-refractivity contribution >= 4 is 23.6 Å². The number of ether oxygens (including phenoxy) is 2. The number of ketones is 1. The molecule has 0 aliphatic heterocycles. The van der Waals surface area contributed by atoms with Gasteiger partial charge in [-0.15, -0.1) is 0 Å². The molecule has 30 heavy (non-hydrogen) atoms. The van der Waals surface area contributed by atoms with Crippen molar-refractivity contribution in [1.29, 1.82) is 0 Å². The van der Waals surface area contributed by atoms with Crippen molar-refractivity contribution in [3.63, 3.8) is 0 Å². The van der Waals surface area contributed by atoms with Crippen LogP contribution in [0.15, 0.2) is 0 Å². The Labute approximate surface area is 178 Å². The first kappa shape index (κ1) is 25.4. The van der Waals surface area contributed by atoms with Gasteiger partial charge in [-0.3, -0.25) is 14.4 Å². The highest BCUT2D eigenvalue weighted by atomic mass is 16.5. The summed E-state index contributed by atoms with van der Waals surface area (Å²) in [5.74, 6) is -1.30. The Morgan fingerprint density at radius 3 is 2.20 bits per heavy atom. The van der Waals surface area contributed by atoms with Crippen molar-refractivity contribution in [3.05, 3.63) is 22.5 Å². The molecule has 0 aromatic carbocycles. The Balaban J connectivity index is 3.13. The van der Waals surface area contributed by atoms with Crippen molar-refractivity contribution in [1.82, 2.24) is 9.47 Å². The lowest BCUT2D eigenvalue weighted by Crippen LogP contribution is -2.38. The Bertz CT molecular complexity index is 794. The predicted octanol–water partition coefficient (Wildman–Crippen LogP) is 2.92.